The largest absolute Gasteiger partial charge is 0.325 e. The number of rotatable bonds is 7. The average molecular weight is 409 g/mol. The van der Waals surface area contributed by atoms with Gasteiger partial charge in [0, 0.05) is 5.69 Å². The van der Waals surface area contributed by atoms with Crippen LogP contribution in [-0.4, -0.2) is 33.9 Å². The summed E-state index contributed by atoms with van der Waals surface area (Å²) >= 11 is 7.08. The Morgan fingerprint density at radius 3 is 2.96 bits per heavy atom. The van der Waals surface area contributed by atoms with Gasteiger partial charge in [0.05, 0.1) is 23.6 Å². The molecule has 0 saturated heterocycles. The van der Waals surface area contributed by atoms with Crippen molar-refractivity contribution in [2.75, 3.05) is 18.4 Å². The maximum Gasteiger partial charge on any atom is 0.268 e. The lowest BCUT2D eigenvalue weighted by atomic mass is 10.3. The van der Waals surface area contributed by atoms with Crippen molar-refractivity contribution in [3.05, 3.63) is 56.7 Å². The zero-order chi connectivity index (χ0) is 19.4. The number of nitrogens with zero attached hydrogens (tertiary/aromatic N) is 2. The molecule has 0 saturated carbocycles. The van der Waals surface area contributed by atoms with Crippen LogP contribution >= 0.6 is 22.9 Å². The lowest BCUT2D eigenvalue weighted by molar-refractivity contribution is -0.117. The van der Waals surface area contributed by atoms with Gasteiger partial charge in [-0.3, -0.25) is 14.5 Å². The molecule has 2 N–H and O–H groups in total. The molecule has 0 bridgehead atoms. The molecule has 27 heavy (non-hydrogen) atoms. The molecule has 0 aliphatic rings. The normalized spacial score (nSPS) is 11.3. The van der Waals surface area contributed by atoms with Gasteiger partial charge in [0.25, 0.3) is 5.56 Å². The number of thiophene rings is 1. The lowest BCUT2D eigenvalue weighted by Crippen LogP contribution is -2.34. The van der Waals surface area contributed by atoms with Crippen molar-refractivity contribution in [1.29, 1.82) is 0 Å². The molecular weight excluding hydrogens is 391 g/mol. The summed E-state index contributed by atoms with van der Waals surface area (Å²) in [6.07, 6.45) is 0.834. The molecule has 2 heterocycles. The fourth-order valence-corrected chi connectivity index (χ4v) is 3.62. The highest BCUT2D eigenvalue weighted by Crippen LogP contribution is 2.19. The molecule has 0 aliphatic carbocycles. The summed E-state index contributed by atoms with van der Waals surface area (Å²) < 4.78 is 13.8. The molecule has 6 nitrogen and oxygen atoms in total. The molecule has 0 spiro atoms. The van der Waals surface area contributed by atoms with Crippen molar-refractivity contribution in [1.82, 2.24) is 14.9 Å². The number of halogens is 2. The van der Waals surface area contributed by atoms with Gasteiger partial charge in [0.1, 0.15) is 16.3 Å². The first-order valence-corrected chi connectivity index (χ1v) is 9.65. The standard InChI is InChI=1S/C18H18ClFN4O2S/c1-2-6-24(9-15-22-14-5-7-27-17(14)18(26)23-15)10-16(25)21-11-3-4-13(20)12(19)8-11/h3-5,7-8H,2,6,9-10H2,1H3,(H,21,25)(H,22,23,26). The number of hydrogen-bond donors (Lipinski definition) is 2. The number of carbonyl (C=O) groups is 1. The average Bonchev–Trinajstić information content (AvgIpc) is 3.07. The van der Waals surface area contributed by atoms with E-state index in [0.29, 0.717) is 34.8 Å². The summed E-state index contributed by atoms with van der Waals surface area (Å²) in [4.78, 5) is 33.6. The van der Waals surface area contributed by atoms with E-state index in [4.69, 9.17) is 11.6 Å². The molecule has 1 aromatic carbocycles. The molecule has 3 rings (SSSR count). The highest BCUT2D eigenvalue weighted by atomic mass is 35.5. The molecule has 0 aliphatic heterocycles. The first kappa shape index (κ1) is 19.5. The van der Waals surface area contributed by atoms with E-state index in [9.17, 15) is 14.0 Å². The van der Waals surface area contributed by atoms with Gasteiger partial charge < -0.3 is 10.3 Å². The Morgan fingerprint density at radius 1 is 1.41 bits per heavy atom. The van der Waals surface area contributed by atoms with Crippen molar-refractivity contribution >= 4 is 44.7 Å². The second kappa shape index (κ2) is 8.60. The van der Waals surface area contributed by atoms with E-state index < -0.39 is 5.82 Å². The van der Waals surface area contributed by atoms with Gasteiger partial charge in [-0.2, -0.15) is 0 Å². The Bertz CT molecular complexity index is 1020. The van der Waals surface area contributed by atoms with Crippen LogP contribution in [0, 0.1) is 5.82 Å². The van der Waals surface area contributed by atoms with E-state index in [1.165, 1.54) is 29.5 Å². The Morgan fingerprint density at radius 2 is 2.22 bits per heavy atom. The first-order valence-electron chi connectivity index (χ1n) is 8.40. The van der Waals surface area contributed by atoms with Gasteiger partial charge in [-0.25, -0.2) is 9.37 Å². The molecule has 1 amide bonds. The number of H-pyrrole nitrogens is 1. The van der Waals surface area contributed by atoms with E-state index in [-0.39, 0.29) is 23.0 Å². The third kappa shape index (κ3) is 4.91. The van der Waals surface area contributed by atoms with E-state index in [0.717, 1.165) is 6.42 Å². The Balaban J connectivity index is 1.69. The second-order valence-corrected chi connectivity index (χ2v) is 7.36. The van der Waals surface area contributed by atoms with Gasteiger partial charge in [-0.15, -0.1) is 11.3 Å². The number of benzene rings is 1. The quantitative estimate of drug-likeness (QED) is 0.625. The SMILES string of the molecule is CCCN(CC(=O)Nc1ccc(F)c(Cl)c1)Cc1nc2ccsc2c(=O)[nH]1. The summed E-state index contributed by atoms with van der Waals surface area (Å²) in [5, 5.41) is 4.47. The van der Waals surface area contributed by atoms with Gasteiger partial charge in [-0.1, -0.05) is 18.5 Å². The summed E-state index contributed by atoms with van der Waals surface area (Å²) in [5.74, 6) is -0.289. The van der Waals surface area contributed by atoms with Gasteiger partial charge >= 0.3 is 0 Å². The number of carbonyl (C=O) groups excluding carboxylic acids is 1. The van der Waals surface area contributed by atoms with Gasteiger partial charge in [-0.05, 0) is 42.6 Å². The van der Waals surface area contributed by atoms with Gasteiger partial charge in [0.2, 0.25) is 5.91 Å². The highest BCUT2D eigenvalue weighted by Gasteiger charge is 2.14. The number of fused-ring (bicyclic) bond motifs is 1. The monoisotopic (exact) mass is 408 g/mol. The number of hydrogen-bond acceptors (Lipinski definition) is 5. The summed E-state index contributed by atoms with van der Waals surface area (Å²) in [6.45, 7) is 3.10. The summed E-state index contributed by atoms with van der Waals surface area (Å²) in [7, 11) is 0. The summed E-state index contributed by atoms with van der Waals surface area (Å²) in [5.41, 5.74) is 0.904. The molecule has 0 radical (unpaired) electrons. The molecule has 0 atom stereocenters. The van der Waals surface area contributed by atoms with E-state index in [1.54, 1.807) is 6.07 Å². The van der Waals surface area contributed by atoms with Crippen molar-refractivity contribution in [3.8, 4) is 0 Å². The van der Waals surface area contributed by atoms with Crippen LogP contribution < -0.4 is 10.9 Å². The number of aromatic nitrogens is 2. The van der Waals surface area contributed by atoms with Crippen LogP contribution in [0.2, 0.25) is 5.02 Å². The molecule has 0 unspecified atom stereocenters. The fourth-order valence-electron chi connectivity index (χ4n) is 2.72. The Labute approximate surface area is 164 Å². The minimum Gasteiger partial charge on any atom is -0.325 e. The number of nitrogens with one attached hydrogen (secondary N) is 2. The summed E-state index contributed by atoms with van der Waals surface area (Å²) in [6, 6.07) is 5.82. The van der Waals surface area contributed by atoms with Crippen molar-refractivity contribution in [3.63, 3.8) is 0 Å². The molecule has 0 fully saturated rings. The van der Waals surface area contributed by atoms with Crippen LogP contribution in [0.1, 0.15) is 19.2 Å². The predicted molar refractivity (Wildman–Crippen MR) is 106 cm³/mol. The minimum atomic E-state index is -0.541. The number of anilines is 1. The highest BCUT2D eigenvalue weighted by molar-refractivity contribution is 7.17. The van der Waals surface area contributed by atoms with Crippen molar-refractivity contribution in [2.45, 2.75) is 19.9 Å². The fraction of sp³-hybridized carbons (Fsp3) is 0.278. The van der Waals surface area contributed by atoms with Crippen LogP contribution in [0.5, 0.6) is 0 Å². The van der Waals surface area contributed by atoms with Crippen LogP contribution in [0.15, 0.2) is 34.4 Å². The van der Waals surface area contributed by atoms with Crippen molar-refractivity contribution < 1.29 is 9.18 Å². The molecular formula is C18H18ClFN4O2S. The Kier molecular flexibility index (Phi) is 6.20. The maximum absolute atomic E-state index is 13.2. The maximum atomic E-state index is 13.2. The van der Waals surface area contributed by atoms with Crippen molar-refractivity contribution in [2.24, 2.45) is 0 Å². The van der Waals surface area contributed by atoms with Crippen LogP contribution in [0.4, 0.5) is 10.1 Å². The smallest absolute Gasteiger partial charge is 0.268 e. The predicted octanol–water partition coefficient (Wildman–Crippen LogP) is 3.63. The first-order chi connectivity index (χ1) is 13.0. The van der Waals surface area contributed by atoms with E-state index >= 15 is 0 Å². The third-order valence-corrected chi connectivity index (χ3v) is 5.04. The molecule has 9 heteroatoms. The van der Waals surface area contributed by atoms with Crippen LogP contribution in [0.3, 0.4) is 0 Å². The Hall–Kier alpha value is -2.29. The molecule has 142 valence electrons. The van der Waals surface area contributed by atoms with Crippen LogP contribution in [-0.2, 0) is 11.3 Å². The van der Waals surface area contributed by atoms with Crippen LogP contribution in [0.25, 0.3) is 10.2 Å². The third-order valence-electron chi connectivity index (χ3n) is 3.85. The minimum absolute atomic E-state index is 0.0518. The molecule has 2 aromatic heterocycles. The van der Waals surface area contributed by atoms with Gasteiger partial charge in [0.15, 0.2) is 0 Å². The number of amides is 1. The zero-order valence-electron chi connectivity index (χ0n) is 14.6. The lowest BCUT2D eigenvalue weighted by Gasteiger charge is -2.20. The van der Waals surface area contributed by atoms with E-state index in [2.05, 4.69) is 15.3 Å². The topological polar surface area (TPSA) is 78.1 Å². The molecule has 3 aromatic rings. The zero-order valence-corrected chi connectivity index (χ0v) is 16.2. The second-order valence-electron chi connectivity index (χ2n) is 6.04. The number of aromatic amines is 1. The van der Waals surface area contributed by atoms with E-state index in [1.807, 2.05) is 17.2 Å².